The summed E-state index contributed by atoms with van der Waals surface area (Å²) in [5.74, 6) is 2.08. The molecule has 146 valence electrons. The average Bonchev–Trinajstić information content (AvgIpc) is 2.70. The molecule has 0 spiro atoms. The van der Waals surface area contributed by atoms with Gasteiger partial charge in [0.15, 0.2) is 11.5 Å². The standard InChI is InChI=1S/C21H27NO5/c1-13(2)19(14-7-9-16(24-3)10-8-14)22-21(23)15-11-17(25-4)20(27-6)18(12-15)26-5/h7-13,19H,1-6H3,(H,22,23)/t19-/m1/s1. The van der Waals surface area contributed by atoms with Gasteiger partial charge in [-0.25, -0.2) is 0 Å². The lowest BCUT2D eigenvalue weighted by Crippen LogP contribution is -2.31. The van der Waals surface area contributed by atoms with Gasteiger partial charge in [0, 0.05) is 5.56 Å². The number of benzene rings is 2. The number of carbonyl (C=O) groups excluding carboxylic acids is 1. The lowest BCUT2D eigenvalue weighted by Gasteiger charge is -2.23. The largest absolute Gasteiger partial charge is 0.497 e. The van der Waals surface area contributed by atoms with E-state index in [2.05, 4.69) is 19.2 Å². The molecule has 0 radical (unpaired) electrons. The Morgan fingerprint density at radius 3 is 1.81 bits per heavy atom. The molecule has 1 atom stereocenters. The predicted octanol–water partition coefficient (Wildman–Crippen LogP) is 3.85. The molecule has 6 nitrogen and oxygen atoms in total. The zero-order valence-electron chi connectivity index (χ0n) is 16.7. The zero-order valence-corrected chi connectivity index (χ0v) is 16.7. The maximum Gasteiger partial charge on any atom is 0.252 e. The van der Waals surface area contributed by atoms with Crippen molar-refractivity contribution in [3.63, 3.8) is 0 Å². The topological polar surface area (TPSA) is 66.0 Å². The average molecular weight is 373 g/mol. The molecule has 2 aromatic rings. The van der Waals surface area contributed by atoms with Crippen molar-refractivity contribution in [2.24, 2.45) is 5.92 Å². The third kappa shape index (κ3) is 4.64. The quantitative estimate of drug-likeness (QED) is 0.761. The van der Waals surface area contributed by atoms with Crippen LogP contribution in [0.2, 0.25) is 0 Å². The summed E-state index contributed by atoms with van der Waals surface area (Å²) in [7, 11) is 6.19. The van der Waals surface area contributed by atoms with Crippen molar-refractivity contribution in [1.82, 2.24) is 5.32 Å². The molecule has 2 aromatic carbocycles. The van der Waals surface area contributed by atoms with Crippen molar-refractivity contribution < 1.29 is 23.7 Å². The number of ether oxygens (including phenoxy) is 4. The number of amides is 1. The van der Waals surface area contributed by atoms with Crippen molar-refractivity contribution >= 4 is 5.91 Å². The van der Waals surface area contributed by atoms with Gasteiger partial charge in [0.2, 0.25) is 5.75 Å². The first-order chi connectivity index (χ1) is 12.9. The van der Waals surface area contributed by atoms with Crippen molar-refractivity contribution in [2.45, 2.75) is 19.9 Å². The van der Waals surface area contributed by atoms with Crippen LogP contribution in [-0.4, -0.2) is 34.3 Å². The highest BCUT2D eigenvalue weighted by atomic mass is 16.5. The molecule has 6 heteroatoms. The second-order valence-corrected chi connectivity index (χ2v) is 6.38. The molecule has 1 N–H and O–H groups in total. The van der Waals surface area contributed by atoms with Crippen molar-refractivity contribution in [1.29, 1.82) is 0 Å². The first-order valence-electron chi connectivity index (χ1n) is 8.70. The highest BCUT2D eigenvalue weighted by Crippen LogP contribution is 2.38. The van der Waals surface area contributed by atoms with Gasteiger partial charge in [0.05, 0.1) is 34.5 Å². The zero-order chi connectivity index (χ0) is 20.0. The minimum absolute atomic E-state index is 0.150. The van der Waals surface area contributed by atoms with E-state index in [0.29, 0.717) is 22.8 Å². The van der Waals surface area contributed by atoms with E-state index in [1.807, 2.05) is 24.3 Å². The Balaban J connectivity index is 2.32. The van der Waals surface area contributed by atoms with E-state index >= 15 is 0 Å². The van der Waals surface area contributed by atoms with Crippen LogP contribution in [0.3, 0.4) is 0 Å². The summed E-state index contributed by atoms with van der Waals surface area (Å²) < 4.78 is 21.2. The minimum atomic E-state index is -0.219. The molecule has 27 heavy (non-hydrogen) atoms. The number of carbonyl (C=O) groups is 1. The maximum atomic E-state index is 12.9. The van der Waals surface area contributed by atoms with E-state index in [0.717, 1.165) is 11.3 Å². The molecule has 0 fully saturated rings. The summed E-state index contributed by atoms with van der Waals surface area (Å²) in [6.07, 6.45) is 0. The third-order valence-electron chi connectivity index (χ3n) is 4.36. The van der Waals surface area contributed by atoms with Crippen LogP contribution in [0.5, 0.6) is 23.0 Å². The van der Waals surface area contributed by atoms with Gasteiger partial charge < -0.3 is 24.3 Å². The normalized spacial score (nSPS) is 11.7. The van der Waals surface area contributed by atoms with E-state index < -0.39 is 0 Å². The van der Waals surface area contributed by atoms with Crippen LogP contribution in [-0.2, 0) is 0 Å². The smallest absolute Gasteiger partial charge is 0.252 e. The number of methoxy groups -OCH3 is 4. The molecule has 0 aliphatic heterocycles. The van der Waals surface area contributed by atoms with Crippen LogP contribution in [0.4, 0.5) is 0 Å². The number of rotatable bonds is 8. The van der Waals surface area contributed by atoms with Gasteiger partial charge >= 0.3 is 0 Å². The third-order valence-corrected chi connectivity index (χ3v) is 4.36. The second-order valence-electron chi connectivity index (χ2n) is 6.38. The van der Waals surface area contributed by atoms with Crippen LogP contribution in [0.1, 0.15) is 35.8 Å². The van der Waals surface area contributed by atoms with E-state index in [1.165, 1.54) is 21.3 Å². The molecule has 0 unspecified atom stereocenters. The van der Waals surface area contributed by atoms with Crippen LogP contribution >= 0.6 is 0 Å². The second kappa shape index (κ2) is 9.16. The summed E-state index contributed by atoms with van der Waals surface area (Å²) in [6, 6.07) is 10.8. The van der Waals surface area contributed by atoms with Crippen molar-refractivity contribution in [2.75, 3.05) is 28.4 Å². The molecular weight excluding hydrogens is 346 g/mol. The van der Waals surface area contributed by atoms with Crippen LogP contribution < -0.4 is 24.3 Å². The van der Waals surface area contributed by atoms with Crippen LogP contribution in [0.25, 0.3) is 0 Å². The number of hydrogen-bond acceptors (Lipinski definition) is 5. The van der Waals surface area contributed by atoms with Crippen molar-refractivity contribution in [3.05, 3.63) is 47.5 Å². The maximum absolute atomic E-state index is 12.9. The summed E-state index contributed by atoms with van der Waals surface area (Å²) in [4.78, 5) is 12.9. The Kier molecular flexibility index (Phi) is 6.93. The Labute approximate surface area is 160 Å². The summed E-state index contributed by atoms with van der Waals surface area (Å²) in [6.45, 7) is 4.12. The summed E-state index contributed by atoms with van der Waals surface area (Å²) in [5, 5.41) is 3.09. The molecular formula is C21H27NO5. The fraction of sp³-hybridized carbons (Fsp3) is 0.381. The molecule has 0 saturated carbocycles. The Morgan fingerprint density at radius 1 is 0.852 bits per heavy atom. The van der Waals surface area contributed by atoms with E-state index in [1.54, 1.807) is 19.2 Å². The summed E-state index contributed by atoms with van der Waals surface area (Å²) >= 11 is 0. The molecule has 2 rings (SSSR count). The molecule has 0 heterocycles. The SMILES string of the molecule is COc1ccc([C@H](NC(=O)c2cc(OC)c(OC)c(OC)c2)C(C)C)cc1. The van der Waals surface area contributed by atoms with E-state index in [9.17, 15) is 4.79 Å². The molecule has 0 aliphatic carbocycles. The first kappa shape index (κ1) is 20.4. The highest BCUT2D eigenvalue weighted by molar-refractivity contribution is 5.96. The van der Waals surface area contributed by atoms with Crippen LogP contribution in [0, 0.1) is 5.92 Å². The number of hydrogen-bond donors (Lipinski definition) is 1. The van der Waals surface area contributed by atoms with Crippen molar-refractivity contribution in [3.8, 4) is 23.0 Å². The van der Waals surface area contributed by atoms with Gasteiger partial charge in [0.1, 0.15) is 5.75 Å². The Morgan fingerprint density at radius 2 is 1.41 bits per heavy atom. The fourth-order valence-electron chi connectivity index (χ4n) is 2.88. The van der Waals surface area contributed by atoms with Gasteiger partial charge in [-0.3, -0.25) is 4.79 Å². The van der Waals surface area contributed by atoms with E-state index in [4.69, 9.17) is 18.9 Å². The van der Waals surface area contributed by atoms with Gasteiger partial charge in [0.25, 0.3) is 5.91 Å². The van der Waals surface area contributed by atoms with Gasteiger partial charge in [-0.1, -0.05) is 26.0 Å². The Bertz CT molecular complexity index is 746. The minimum Gasteiger partial charge on any atom is -0.497 e. The van der Waals surface area contributed by atoms with Crippen LogP contribution in [0.15, 0.2) is 36.4 Å². The monoisotopic (exact) mass is 373 g/mol. The highest BCUT2D eigenvalue weighted by Gasteiger charge is 2.22. The van der Waals surface area contributed by atoms with Gasteiger partial charge in [-0.2, -0.15) is 0 Å². The first-order valence-corrected chi connectivity index (χ1v) is 8.70. The molecule has 0 saturated heterocycles. The van der Waals surface area contributed by atoms with E-state index in [-0.39, 0.29) is 17.9 Å². The lowest BCUT2D eigenvalue weighted by atomic mass is 9.95. The molecule has 0 bridgehead atoms. The molecule has 0 aromatic heterocycles. The Hall–Kier alpha value is -2.89. The lowest BCUT2D eigenvalue weighted by molar-refractivity contribution is 0.0924. The number of nitrogens with one attached hydrogen (secondary N) is 1. The molecule has 0 aliphatic rings. The molecule has 1 amide bonds. The van der Waals surface area contributed by atoms with Gasteiger partial charge in [-0.05, 0) is 35.7 Å². The fourth-order valence-corrected chi connectivity index (χ4v) is 2.88. The predicted molar refractivity (Wildman–Crippen MR) is 104 cm³/mol. The summed E-state index contributed by atoms with van der Waals surface area (Å²) in [5.41, 5.74) is 1.44. The van der Waals surface area contributed by atoms with Gasteiger partial charge in [-0.15, -0.1) is 0 Å².